The third-order valence-electron chi connectivity index (χ3n) is 4.98. The minimum absolute atomic E-state index is 0.346. The number of hydrogen-bond donors (Lipinski definition) is 1. The molecule has 20 heavy (non-hydrogen) atoms. The van der Waals surface area contributed by atoms with Gasteiger partial charge in [0.2, 0.25) is 0 Å². The molecule has 2 atom stereocenters. The Labute approximate surface area is 126 Å². The first-order valence-electron chi connectivity index (χ1n) is 9.14. The number of likely N-dealkylation sites (tertiary alicyclic amines) is 1. The van der Waals surface area contributed by atoms with Gasteiger partial charge < -0.3 is 5.11 Å². The van der Waals surface area contributed by atoms with Gasteiger partial charge in [0.15, 0.2) is 0 Å². The predicted octanol–water partition coefficient (Wildman–Crippen LogP) is 4.61. The summed E-state index contributed by atoms with van der Waals surface area (Å²) in [6.07, 6.45) is 15.3. The lowest BCUT2D eigenvalue weighted by molar-refractivity contribution is 0.137. The molecular formula is C18H37NO. The first-order chi connectivity index (χ1) is 9.79. The lowest BCUT2D eigenvalue weighted by atomic mass is 10.0. The van der Waals surface area contributed by atoms with E-state index < -0.39 is 0 Å². The smallest absolute Gasteiger partial charge is 0.0589 e. The normalized spacial score (nSPS) is 23.6. The Balaban J connectivity index is 1.87. The molecule has 2 nitrogen and oxygen atoms in total. The van der Waals surface area contributed by atoms with E-state index in [0.717, 1.165) is 0 Å². The third-order valence-corrected chi connectivity index (χ3v) is 4.98. The van der Waals surface area contributed by atoms with Gasteiger partial charge in [-0.1, -0.05) is 71.6 Å². The molecule has 120 valence electrons. The Hall–Kier alpha value is -0.0800. The molecule has 0 aliphatic carbocycles. The Morgan fingerprint density at radius 3 is 2.00 bits per heavy atom. The molecule has 0 aromatic heterocycles. The molecule has 1 fully saturated rings. The van der Waals surface area contributed by atoms with Crippen molar-refractivity contribution in [2.45, 2.75) is 90.5 Å². The van der Waals surface area contributed by atoms with E-state index >= 15 is 0 Å². The van der Waals surface area contributed by atoms with E-state index in [4.69, 9.17) is 0 Å². The predicted molar refractivity (Wildman–Crippen MR) is 88.1 cm³/mol. The summed E-state index contributed by atoms with van der Waals surface area (Å²) in [4.78, 5) is 2.51. The van der Waals surface area contributed by atoms with Gasteiger partial charge in [-0.15, -0.1) is 0 Å². The molecule has 0 saturated carbocycles. The minimum atomic E-state index is 0.346. The van der Waals surface area contributed by atoms with Crippen molar-refractivity contribution in [3.63, 3.8) is 0 Å². The van der Waals surface area contributed by atoms with E-state index in [-0.39, 0.29) is 0 Å². The molecule has 0 radical (unpaired) electrons. The van der Waals surface area contributed by atoms with Crippen molar-refractivity contribution in [1.82, 2.24) is 4.90 Å². The van der Waals surface area contributed by atoms with Crippen molar-refractivity contribution >= 4 is 0 Å². The fraction of sp³-hybridized carbons (Fsp3) is 1.00. The van der Waals surface area contributed by atoms with Crippen LogP contribution in [0.25, 0.3) is 0 Å². The van der Waals surface area contributed by atoms with E-state index in [1.807, 2.05) is 0 Å². The van der Waals surface area contributed by atoms with Gasteiger partial charge in [0.05, 0.1) is 6.61 Å². The number of nitrogens with zero attached hydrogens (tertiary/aromatic N) is 1. The second kappa shape index (κ2) is 11.6. The van der Waals surface area contributed by atoms with Crippen LogP contribution in [-0.2, 0) is 0 Å². The van der Waals surface area contributed by atoms with Gasteiger partial charge in [-0.05, 0) is 31.8 Å². The van der Waals surface area contributed by atoms with Crippen molar-refractivity contribution in [3.05, 3.63) is 0 Å². The molecule has 1 heterocycles. The number of aliphatic hydroxyl groups is 1. The van der Waals surface area contributed by atoms with Crippen molar-refractivity contribution in [1.29, 1.82) is 0 Å². The van der Waals surface area contributed by atoms with Gasteiger partial charge >= 0.3 is 0 Å². The zero-order valence-electron chi connectivity index (χ0n) is 13.9. The van der Waals surface area contributed by atoms with Crippen LogP contribution in [0.2, 0.25) is 0 Å². The van der Waals surface area contributed by atoms with E-state index in [2.05, 4.69) is 18.7 Å². The first-order valence-corrected chi connectivity index (χ1v) is 9.14. The minimum Gasteiger partial charge on any atom is -0.395 e. The second-order valence-electron chi connectivity index (χ2n) is 6.73. The zero-order chi connectivity index (χ0) is 14.6. The molecular weight excluding hydrogens is 246 g/mol. The molecule has 1 N–H and O–H groups in total. The summed E-state index contributed by atoms with van der Waals surface area (Å²) in [5, 5.41) is 9.43. The third kappa shape index (κ3) is 7.08. The van der Waals surface area contributed by atoms with Crippen LogP contribution in [0, 0.1) is 5.92 Å². The van der Waals surface area contributed by atoms with Gasteiger partial charge in [0.1, 0.15) is 0 Å². The maximum Gasteiger partial charge on any atom is 0.0589 e. The number of hydrogen-bond acceptors (Lipinski definition) is 2. The topological polar surface area (TPSA) is 23.5 Å². The monoisotopic (exact) mass is 283 g/mol. The molecule has 0 spiro atoms. The summed E-state index contributed by atoms with van der Waals surface area (Å²) in [5.74, 6) is 0.683. The molecule has 2 unspecified atom stereocenters. The summed E-state index contributed by atoms with van der Waals surface area (Å²) >= 11 is 0. The Bertz CT molecular complexity index is 219. The molecule has 0 aromatic carbocycles. The van der Waals surface area contributed by atoms with E-state index in [9.17, 15) is 5.11 Å². The van der Waals surface area contributed by atoms with Crippen LogP contribution < -0.4 is 0 Å². The van der Waals surface area contributed by atoms with E-state index in [1.165, 1.54) is 83.7 Å². The summed E-state index contributed by atoms with van der Waals surface area (Å²) in [5.41, 5.74) is 0. The molecule has 0 bridgehead atoms. The van der Waals surface area contributed by atoms with Crippen LogP contribution in [-0.4, -0.2) is 35.7 Å². The van der Waals surface area contributed by atoms with Crippen LogP contribution in [0.15, 0.2) is 0 Å². The molecule has 2 heteroatoms. The fourth-order valence-electron chi connectivity index (χ4n) is 3.46. The molecule has 0 amide bonds. The molecule has 1 rings (SSSR count). The van der Waals surface area contributed by atoms with Crippen LogP contribution >= 0.6 is 0 Å². The average molecular weight is 284 g/mol. The highest BCUT2D eigenvalue weighted by Crippen LogP contribution is 2.23. The van der Waals surface area contributed by atoms with Crippen molar-refractivity contribution in [2.75, 3.05) is 19.7 Å². The summed E-state index contributed by atoms with van der Waals surface area (Å²) in [6, 6.07) is 0.438. The second-order valence-corrected chi connectivity index (χ2v) is 6.73. The number of aliphatic hydroxyl groups excluding tert-OH is 1. The summed E-state index contributed by atoms with van der Waals surface area (Å²) in [7, 11) is 0. The maximum absolute atomic E-state index is 9.43. The van der Waals surface area contributed by atoms with Crippen LogP contribution in [0.1, 0.15) is 84.5 Å². The number of unbranched alkanes of at least 4 members (excludes halogenated alkanes) is 9. The Kier molecular flexibility index (Phi) is 10.4. The van der Waals surface area contributed by atoms with Crippen LogP contribution in [0.4, 0.5) is 0 Å². The molecule has 1 aliphatic rings. The van der Waals surface area contributed by atoms with Gasteiger partial charge in [0, 0.05) is 6.04 Å². The van der Waals surface area contributed by atoms with Gasteiger partial charge in [-0.25, -0.2) is 0 Å². The Morgan fingerprint density at radius 2 is 1.45 bits per heavy atom. The highest BCUT2D eigenvalue weighted by molar-refractivity contribution is 4.83. The van der Waals surface area contributed by atoms with Crippen LogP contribution in [0.3, 0.4) is 0 Å². The summed E-state index contributed by atoms with van der Waals surface area (Å²) in [6.45, 7) is 7.30. The largest absolute Gasteiger partial charge is 0.395 e. The average Bonchev–Trinajstić information content (AvgIpc) is 2.81. The van der Waals surface area contributed by atoms with Gasteiger partial charge in [-0.2, -0.15) is 0 Å². The Morgan fingerprint density at radius 1 is 0.900 bits per heavy atom. The highest BCUT2D eigenvalue weighted by atomic mass is 16.3. The van der Waals surface area contributed by atoms with Crippen molar-refractivity contribution in [3.8, 4) is 0 Å². The molecule has 1 aliphatic heterocycles. The fourth-order valence-corrected chi connectivity index (χ4v) is 3.46. The van der Waals surface area contributed by atoms with Crippen molar-refractivity contribution in [2.24, 2.45) is 5.92 Å². The number of rotatable bonds is 12. The van der Waals surface area contributed by atoms with Gasteiger partial charge in [-0.3, -0.25) is 4.90 Å². The quantitative estimate of drug-likeness (QED) is 0.529. The van der Waals surface area contributed by atoms with Gasteiger partial charge in [0.25, 0.3) is 0 Å². The SMILES string of the molecule is CCCCCCCCCCCCN1CCC(C)C1CO. The first kappa shape index (κ1) is 18.0. The zero-order valence-corrected chi connectivity index (χ0v) is 13.9. The van der Waals surface area contributed by atoms with Crippen LogP contribution in [0.5, 0.6) is 0 Å². The molecule has 1 saturated heterocycles. The standard InChI is InChI=1S/C18H37NO/c1-3-4-5-6-7-8-9-10-11-12-14-19-15-13-17(2)18(19)16-20/h17-18,20H,3-16H2,1-2H3. The summed E-state index contributed by atoms with van der Waals surface area (Å²) < 4.78 is 0. The lowest BCUT2D eigenvalue weighted by Gasteiger charge is -2.24. The van der Waals surface area contributed by atoms with Crippen molar-refractivity contribution < 1.29 is 5.11 Å². The highest BCUT2D eigenvalue weighted by Gasteiger charge is 2.29. The molecule has 0 aromatic rings. The lowest BCUT2D eigenvalue weighted by Crippen LogP contribution is -2.35. The maximum atomic E-state index is 9.43. The van der Waals surface area contributed by atoms with E-state index in [0.29, 0.717) is 18.6 Å². The van der Waals surface area contributed by atoms with E-state index in [1.54, 1.807) is 0 Å².